The average molecular weight is 262 g/mol. The highest BCUT2D eigenvalue weighted by atomic mass is 32.2. The van der Waals surface area contributed by atoms with Gasteiger partial charge in [0.25, 0.3) is 5.78 Å². The van der Waals surface area contributed by atoms with E-state index in [4.69, 9.17) is 6.42 Å². The van der Waals surface area contributed by atoms with E-state index in [9.17, 15) is 4.79 Å². The molecule has 2 heterocycles. The van der Waals surface area contributed by atoms with Crippen molar-refractivity contribution in [2.45, 2.75) is 12.1 Å². The number of thioether (sulfide) groups is 1. The normalized spacial score (nSPS) is 10.3. The number of nitrogens with zero attached hydrogens (tertiary/aromatic N) is 4. The molecule has 7 heteroatoms. The Morgan fingerprint density at radius 3 is 3.11 bits per heavy atom. The lowest BCUT2D eigenvalue weighted by Crippen LogP contribution is -2.09. The molecule has 6 nitrogen and oxygen atoms in total. The number of hydrogen-bond donors (Lipinski definition) is 0. The molecule has 18 heavy (non-hydrogen) atoms. The van der Waals surface area contributed by atoms with E-state index in [2.05, 4.69) is 25.7 Å². The zero-order valence-electron chi connectivity index (χ0n) is 9.88. The van der Waals surface area contributed by atoms with Crippen LogP contribution in [0.2, 0.25) is 0 Å². The molecular formula is C11H10N4O2S. The Bertz CT molecular complexity index is 644. The largest absolute Gasteiger partial charge is 0.465 e. The van der Waals surface area contributed by atoms with E-state index in [1.807, 2.05) is 0 Å². The fraction of sp³-hybridized carbons (Fsp3) is 0.273. The van der Waals surface area contributed by atoms with Crippen LogP contribution < -0.4 is 0 Å². The van der Waals surface area contributed by atoms with Crippen molar-refractivity contribution in [2.75, 3.05) is 12.9 Å². The van der Waals surface area contributed by atoms with Crippen LogP contribution in [0.4, 0.5) is 0 Å². The van der Waals surface area contributed by atoms with Crippen LogP contribution in [0.15, 0.2) is 11.4 Å². The number of ether oxygens (including phenoxy) is 1. The molecule has 0 aliphatic heterocycles. The smallest absolute Gasteiger partial charge is 0.341 e. The summed E-state index contributed by atoms with van der Waals surface area (Å²) in [5.41, 5.74) is 0.996. The molecule has 0 aliphatic rings. The topological polar surface area (TPSA) is 69.4 Å². The highest BCUT2D eigenvalue weighted by Crippen LogP contribution is 2.15. The molecule has 0 saturated carbocycles. The third-order valence-electron chi connectivity index (χ3n) is 2.28. The van der Waals surface area contributed by atoms with Crippen molar-refractivity contribution in [2.24, 2.45) is 0 Å². The van der Waals surface area contributed by atoms with E-state index < -0.39 is 5.97 Å². The number of aryl methyl sites for hydroxylation is 1. The highest BCUT2D eigenvalue weighted by molar-refractivity contribution is 7.99. The summed E-state index contributed by atoms with van der Waals surface area (Å²) in [4.78, 5) is 19.8. The number of rotatable bonds is 3. The quantitative estimate of drug-likeness (QED) is 0.466. The van der Waals surface area contributed by atoms with Gasteiger partial charge in [0.15, 0.2) is 0 Å². The number of esters is 1. The van der Waals surface area contributed by atoms with E-state index in [-0.39, 0.29) is 0 Å². The van der Waals surface area contributed by atoms with Gasteiger partial charge in [-0.1, -0.05) is 17.7 Å². The number of fused-ring (bicyclic) bond motifs is 1. The summed E-state index contributed by atoms with van der Waals surface area (Å²) in [6, 6.07) is 0. The second-order valence-corrected chi connectivity index (χ2v) is 4.29. The second-order valence-electron chi connectivity index (χ2n) is 3.35. The minimum atomic E-state index is -0.449. The Morgan fingerprint density at radius 1 is 1.67 bits per heavy atom. The molecule has 92 valence electrons. The second kappa shape index (κ2) is 5.06. The van der Waals surface area contributed by atoms with Gasteiger partial charge in [0.2, 0.25) is 5.16 Å². The SMILES string of the molecule is C#CCSc1nc2ncc(C(=O)OC)c(C)n2n1. The van der Waals surface area contributed by atoms with Crippen LogP contribution in [-0.2, 0) is 4.74 Å². The lowest BCUT2D eigenvalue weighted by atomic mass is 10.2. The lowest BCUT2D eigenvalue weighted by molar-refractivity contribution is 0.0598. The third kappa shape index (κ3) is 2.15. The molecule has 2 rings (SSSR count). The zero-order valence-corrected chi connectivity index (χ0v) is 10.7. The molecule has 0 aliphatic carbocycles. The Balaban J connectivity index is 2.47. The van der Waals surface area contributed by atoms with Crippen molar-refractivity contribution < 1.29 is 9.53 Å². The Kier molecular flexibility index (Phi) is 3.48. The van der Waals surface area contributed by atoms with Crippen LogP contribution in [0, 0.1) is 19.3 Å². The van der Waals surface area contributed by atoms with Crippen LogP contribution in [0.3, 0.4) is 0 Å². The fourth-order valence-corrected chi connectivity index (χ4v) is 1.90. The molecule has 2 aromatic heterocycles. The molecule has 0 radical (unpaired) electrons. The maximum absolute atomic E-state index is 11.5. The number of carbonyl (C=O) groups is 1. The Hall–Kier alpha value is -2.07. The number of terminal acetylenes is 1. The number of carbonyl (C=O) groups excluding carboxylic acids is 1. The van der Waals surface area contributed by atoms with Gasteiger partial charge in [-0.05, 0) is 6.92 Å². The van der Waals surface area contributed by atoms with Crippen molar-refractivity contribution in [3.8, 4) is 12.3 Å². The highest BCUT2D eigenvalue weighted by Gasteiger charge is 2.15. The van der Waals surface area contributed by atoms with E-state index in [0.29, 0.717) is 27.9 Å². The van der Waals surface area contributed by atoms with Gasteiger partial charge in [-0.25, -0.2) is 9.78 Å². The fourth-order valence-electron chi connectivity index (χ4n) is 1.40. The van der Waals surface area contributed by atoms with Crippen LogP contribution in [-0.4, -0.2) is 38.4 Å². The Labute approximate surface area is 108 Å². The van der Waals surface area contributed by atoms with Gasteiger partial charge in [-0.15, -0.1) is 11.5 Å². The molecule has 2 aromatic rings. The summed E-state index contributed by atoms with van der Waals surface area (Å²) in [6.07, 6.45) is 6.60. The number of aromatic nitrogens is 4. The predicted molar refractivity (Wildman–Crippen MR) is 66.4 cm³/mol. The summed E-state index contributed by atoms with van der Waals surface area (Å²) in [7, 11) is 1.32. The van der Waals surface area contributed by atoms with Gasteiger partial charge in [0.1, 0.15) is 0 Å². The minimum absolute atomic E-state index is 0.364. The monoisotopic (exact) mass is 262 g/mol. The van der Waals surface area contributed by atoms with Gasteiger partial charge in [0.05, 0.1) is 24.1 Å². The molecular weight excluding hydrogens is 252 g/mol. The summed E-state index contributed by atoms with van der Waals surface area (Å²) in [5.74, 6) is 2.96. The average Bonchev–Trinajstić information content (AvgIpc) is 2.80. The first kappa shape index (κ1) is 12.4. The van der Waals surface area contributed by atoms with Crippen LogP contribution in [0.1, 0.15) is 16.1 Å². The van der Waals surface area contributed by atoms with Crippen molar-refractivity contribution in [3.63, 3.8) is 0 Å². The molecule has 0 N–H and O–H groups in total. The summed E-state index contributed by atoms with van der Waals surface area (Å²) < 4.78 is 6.17. The van der Waals surface area contributed by atoms with Gasteiger partial charge in [-0.2, -0.15) is 9.50 Å². The van der Waals surface area contributed by atoms with Crippen molar-refractivity contribution in [3.05, 3.63) is 17.5 Å². The van der Waals surface area contributed by atoms with Crippen molar-refractivity contribution in [1.82, 2.24) is 19.6 Å². The van der Waals surface area contributed by atoms with Crippen LogP contribution in [0.5, 0.6) is 0 Å². The summed E-state index contributed by atoms with van der Waals surface area (Å²) in [5, 5.41) is 4.76. The lowest BCUT2D eigenvalue weighted by Gasteiger charge is -2.03. The van der Waals surface area contributed by atoms with E-state index >= 15 is 0 Å². The molecule has 0 atom stereocenters. The maximum atomic E-state index is 11.5. The van der Waals surface area contributed by atoms with Gasteiger partial charge >= 0.3 is 5.97 Å². The first-order valence-electron chi connectivity index (χ1n) is 5.04. The van der Waals surface area contributed by atoms with Gasteiger partial charge < -0.3 is 4.74 Å². The third-order valence-corrected chi connectivity index (χ3v) is 3.02. The number of methoxy groups -OCH3 is 1. The molecule has 0 aromatic carbocycles. The van der Waals surface area contributed by atoms with Gasteiger partial charge in [-0.3, -0.25) is 0 Å². The molecule has 0 bridgehead atoms. The van der Waals surface area contributed by atoms with Gasteiger partial charge in [0, 0.05) is 6.20 Å². The molecule has 0 fully saturated rings. The Morgan fingerprint density at radius 2 is 2.44 bits per heavy atom. The standard InChI is InChI=1S/C11H10N4O2S/c1-4-5-18-11-13-10-12-6-8(9(16)17-3)7(2)15(10)14-11/h1,6H,5H2,2-3H3. The predicted octanol–water partition coefficient (Wildman–Crippen LogP) is 0.945. The van der Waals surface area contributed by atoms with E-state index in [1.165, 1.54) is 29.6 Å². The van der Waals surface area contributed by atoms with Crippen LogP contribution >= 0.6 is 11.8 Å². The molecule has 0 saturated heterocycles. The van der Waals surface area contributed by atoms with Crippen molar-refractivity contribution in [1.29, 1.82) is 0 Å². The maximum Gasteiger partial charge on any atom is 0.341 e. The summed E-state index contributed by atoms with van der Waals surface area (Å²) >= 11 is 1.34. The minimum Gasteiger partial charge on any atom is -0.465 e. The van der Waals surface area contributed by atoms with Crippen molar-refractivity contribution >= 4 is 23.5 Å². The first-order valence-corrected chi connectivity index (χ1v) is 6.03. The molecule has 0 spiro atoms. The first-order chi connectivity index (χ1) is 8.67. The molecule has 0 unspecified atom stereocenters. The van der Waals surface area contributed by atoms with Crippen LogP contribution in [0.25, 0.3) is 5.78 Å². The summed E-state index contributed by atoms with van der Waals surface area (Å²) in [6.45, 7) is 1.76. The zero-order chi connectivity index (χ0) is 13.1. The van der Waals surface area contributed by atoms with E-state index in [0.717, 1.165) is 0 Å². The van der Waals surface area contributed by atoms with E-state index in [1.54, 1.807) is 6.92 Å². The number of hydrogen-bond acceptors (Lipinski definition) is 6. The molecule has 0 amide bonds.